The van der Waals surface area contributed by atoms with Crippen LogP contribution in [0.3, 0.4) is 0 Å². The highest BCUT2D eigenvalue weighted by atomic mass is 16.5. The number of rotatable bonds is 3. The monoisotopic (exact) mass is 219 g/mol. The van der Waals surface area contributed by atoms with E-state index >= 15 is 0 Å². The van der Waals surface area contributed by atoms with Gasteiger partial charge in [-0.1, -0.05) is 0 Å². The molecule has 1 rings (SSSR count). The van der Waals surface area contributed by atoms with Gasteiger partial charge in [-0.2, -0.15) is 5.26 Å². The number of hydrogen-bond donors (Lipinski definition) is 1. The molecule has 1 aromatic rings. The van der Waals surface area contributed by atoms with E-state index in [-0.39, 0.29) is 18.1 Å². The zero-order valence-electron chi connectivity index (χ0n) is 9.28. The Bertz CT molecular complexity index is 423. The van der Waals surface area contributed by atoms with E-state index in [1.165, 1.54) is 6.07 Å². The van der Waals surface area contributed by atoms with Gasteiger partial charge in [0.2, 0.25) is 0 Å². The number of aromatic hydroxyl groups is 1. The number of carbonyl (C=O) groups excluding carboxylic acids is 1. The Morgan fingerprint density at radius 2 is 2.25 bits per heavy atom. The molecule has 0 aromatic heterocycles. The molecule has 0 bridgehead atoms. The molecule has 1 aromatic carbocycles. The van der Waals surface area contributed by atoms with E-state index in [4.69, 9.17) is 10.00 Å². The number of ether oxygens (including phenoxy) is 1. The van der Waals surface area contributed by atoms with Gasteiger partial charge in [0, 0.05) is 5.56 Å². The van der Waals surface area contributed by atoms with E-state index in [2.05, 4.69) is 0 Å². The summed E-state index contributed by atoms with van der Waals surface area (Å²) in [5.41, 5.74) is 1.60. The van der Waals surface area contributed by atoms with Gasteiger partial charge in [-0.3, -0.25) is 4.79 Å². The van der Waals surface area contributed by atoms with Gasteiger partial charge in [-0.05, 0) is 31.5 Å². The summed E-state index contributed by atoms with van der Waals surface area (Å²) < 4.78 is 4.80. The zero-order chi connectivity index (χ0) is 12.1. The zero-order valence-corrected chi connectivity index (χ0v) is 9.28. The molecule has 0 atom stereocenters. The standard InChI is InChI=1S/C12H13NO3/c1-3-16-12(15)6-10-8(2)4-9(7-13)5-11(10)14/h4-5,14H,3,6H2,1-2H3. The number of benzene rings is 1. The highest BCUT2D eigenvalue weighted by Gasteiger charge is 2.12. The number of aryl methyl sites for hydroxylation is 1. The molecule has 84 valence electrons. The van der Waals surface area contributed by atoms with Crippen molar-refractivity contribution in [3.05, 3.63) is 28.8 Å². The quantitative estimate of drug-likeness (QED) is 0.785. The second-order valence-electron chi connectivity index (χ2n) is 3.38. The summed E-state index contributed by atoms with van der Waals surface area (Å²) in [6.07, 6.45) is 0.0250. The van der Waals surface area contributed by atoms with Gasteiger partial charge in [0.05, 0.1) is 24.7 Å². The molecule has 0 heterocycles. The predicted molar refractivity (Wildman–Crippen MR) is 57.9 cm³/mol. The van der Waals surface area contributed by atoms with Crippen LogP contribution < -0.4 is 0 Å². The smallest absolute Gasteiger partial charge is 0.310 e. The Kier molecular flexibility index (Phi) is 3.90. The van der Waals surface area contributed by atoms with Crippen molar-refractivity contribution in [1.29, 1.82) is 5.26 Å². The van der Waals surface area contributed by atoms with Crippen LogP contribution in [-0.4, -0.2) is 17.7 Å². The maximum Gasteiger partial charge on any atom is 0.310 e. The molecule has 0 radical (unpaired) electrons. The molecule has 0 amide bonds. The lowest BCUT2D eigenvalue weighted by Crippen LogP contribution is -2.08. The van der Waals surface area contributed by atoms with E-state index in [1.807, 2.05) is 6.07 Å². The number of phenolic OH excluding ortho intramolecular Hbond substituents is 1. The minimum Gasteiger partial charge on any atom is -0.508 e. The normalized spacial score (nSPS) is 9.56. The lowest BCUT2D eigenvalue weighted by Gasteiger charge is -2.08. The molecular formula is C12H13NO3. The summed E-state index contributed by atoms with van der Waals surface area (Å²) in [5.74, 6) is -0.421. The molecule has 0 unspecified atom stereocenters. The summed E-state index contributed by atoms with van der Waals surface area (Å²) in [5, 5.41) is 18.4. The SMILES string of the molecule is CCOC(=O)Cc1c(C)cc(C#N)cc1O. The Morgan fingerprint density at radius 1 is 1.56 bits per heavy atom. The summed E-state index contributed by atoms with van der Waals surface area (Å²) in [7, 11) is 0. The van der Waals surface area contributed by atoms with Crippen molar-refractivity contribution in [2.75, 3.05) is 6.61 Å². The van der Waals surface area contributed by atoms with Crippen molar-refractivity contribution in [3.63, 3.8) is 0 Å². The van der Waals surface area contributed by atoms with E-state index in [0.29, 0.717) is 23.3 Å². The van der Waals surface area contributed by atoms with Crippen LogP contribution in [0.1, 0.15) is 23.6 Å². The molecular weight excluding hydrogens is 206 g/mol. The minimum absolute atomic E-state index is 0.0250. The van der Waals surface area contributed by atoms with E-state index in [1.54, 1.807) is 19.9 Å². The van der Waals surface area contributed by atoms with E-state index in [9.17, 15) is 9.90 Å². The predicted octanol–water partition coefficient (Wildman–Crippen LogP) is 1.68. The Hall–Kier alpha value is -2.02. The fourth-order valence-electron chi connectivity index (χ4n) is 1.45. The van der Waals surface area contributed by atoms with Crippen molar-refractivity contribution < 1.29 is 14.6 Å². The number of carbonyl (C=O) groups is 1. The minimum atomic E-state index is -0.384. The summed E-state index contributed by atoms with van der Waals surface area (Å²) in [6, 6.07) is 4.92. The third-order valence-electron chi connectivity index (χ3n) is 2.20. The Labute approximate surface area is 94.1 Å². The Morgan fingerprint density at radius 3 is 2.75 bits per heavy atom. The van der Waals surface area contributed by atoms with Crippen molar-refractivity contribution in [3.8, 4) is 11.8 Å². The van der Waals surface area contributed by atoms with E-state index < -0.39 is 0 Å². The molecule has 0 spiro atoms. The number of phenols is 1. The lowest BCUT2D eigenvalue weighted by molar-refractivity contribution is -0.142. The number of esters is 1. The van der Waals surface area contributed by atoms with Crippen molar-refractivity contribution in [2.24, 2.45) is 0 Å². The van der Waals surface area contributed by atoms with E-state index in [0.717, 1.165) is 0 Å². The van der Waals surface area contributed by atoms with Gasteiger partial charge in [-0.15, -0.1) is 0 Å². The van der Waals surface area contributed by atoms with Crippen molar-refractivity contribution >= 4 is 5.97 Å². The largest absolute Gasteiger partial charge is 0.508 e. The molecule has 4 heteroatoms. The topological polar surface area (TPSA) is 70.3 Å². The average Bonchev–Trinajstić information content (AvgIpc) is 2.23. The lowest BCUT2D eigenvalue weighted by atomic mass is 10.0. The number of hydrogen-bond acceptors (Lipinski definition) is 4. The van der Waals surface area contributed by atoms with Crippen LogP contribution in [0.5, 0.6) is 5.75 Å². The highest BCUT2D eigenvalue weighted by molar-refractivity contribution is 5.74. The molecule has 4 nitrogen and oxygen atoms in total. The van der Waals surface area contributed by atoms with Crippen molar-refractivity contribution in [2.45, 2.75) is 20.3 Å². The maximum atomic E-state index is 11.3. The van der Waals surface area contributed by atoms with Crippen LogP contribution in [-0.2, 0) is 16.0 Å². The molecule has 1 N–H and O–H groups in total. The second-order valence-corrected chi connectivity index (χ2v) is 3.38. The molecule has 0 aliphatic carbocycles. The van der Waals surface area contributed by atoms with Crippen molar-refractivity contribution in [1.82, 2.24) is 0 Å². The average molecular weight is 219 g/mol. The number of nitriles is 1. The fraction of sp³-hybridized carbons (Fsp3) is 0.333. The molecule has 0 fully saturated rings. The van der Waals surface area contributed by atoms with Gasteiger partial charge >= 0.3 is 5.97 Å². The first kappa shape index (κ1) is 12.1. The third kappa shape index (κ3) is 2.74. The van der Waals surface area contributed by atoms with Gasteiger partial charge in [0.1, 0.15) is 5.75 Å². The number of nitrogens with zero attached hydrogens (tertiary/aromatic N) is 1. The van der Waals surface area contributed by atoms with Crippen LogP contribution in [0.2, 0.25) is 0 Å². The van der Waals surface area contributed by atoms with Crippen LogP contribution in [0.15, 0.2) is 12.1 Å². The molecule has 16 heavy (non-hydrogen) atoms. The maximum absolute atomic E-state index is 11.3. The molecule has 0 saturated heterocycles. The first-order chi connectivity index (χ1) is 7.58. The molecule has 0 aliphatic heterocycles. The summed E-state index contributed by atoms with van der Waals surface area (Å²) >= 11 is 0. The molecule has 0 aliphatic rings. The van der Waals surface area contributed by atoms with Gasteiger partial charge in [0.25, 0.3) is 0 Å². The van der Waals surface area contributed by atoms with Gasteiger partial charge in [-0.25, -0.2) is 0 Å². The van der Waals surface area contributed by atoms with Gasteiger partial charge < -0.3 is 9.84 Å². The third-order valence-corrected chi connectivity index (χ3v) is 2.20. The second kappa shape index (κ2) is 5.17. The molecule has 0 saturated carbocycles. The summed E-state index contributed by atoms with van der Waals surface area (Å²) in [6.45, 7) is 3.79. The first-order valence-electron chi connectivity index (χ1n) is 4.96. The summed E-state index contributed by atoms with van der Waals surface area (Å²) in [4.78, 5) is 11.3. The highest BCUT2D eigenvalue weighted by Crippen LogP contribution is 2.23. The van der Waals surface area contributed by atoms with Crippen LogP contribution in [0.25, 0.3) is 0 Å². The van der Waals surface area contributed by atoms with Crippen LogP contribution >= 0.6 is 0 Å². The fourth-order valence-corrected chi connectivity index (χ4v) is 1.45. The van der Waals surface area contributed by atoms with Gasteiger partial charge in [0.15, 0.2) is 0 Å². The Balaban J connectivity index is 2.98. The van der Waals surface area contributed by atoms with Crippen LogP contribution in [0.4, 0.5) is 0 Å². The van der Waals surface area contributed by atoms with Crippen LogP contribution in [0, 0.1) is 18.3 Å². The first-order valence-corrected chi connectivity index (χ1v) is 4.96.